The molecule has 2 atom stereocenters. The van der Waals surface area contributed by atoms with Gasteiger partial charge in [-0.15, -0.1) is 10.2 Å². The number of aromatic nitrogens is 2. The van der Waals surface area contributed by atoms with E-state index in [0.29, 0.717) is 0 Å². The molecule has 3 heterocycles. The van der Waals surface area contributed by atoms with Crippen LogP contribution in [0.1, 0.15) is 37.6 Å². The van der Waals surface area contributed by atoms with Crippen LogP contribution in [0.15, 0.2) is 0 Å². The lowest BCUT2D eigenvalue weighted by Crippen LogP contribution is -2.36. The SMILES string of the molecule is CCCNc1nnc(CN2CCC3CCC(C2)N3C)s1. The molecule has 5 nitrogen and oxygen atoms in total. The van der Waals surface area contributed by atoms with Crippen LogP contribution in [0.25, 0.3) is 0 Å². The van der Waals surface area contributed by atoms with Gasteiger partial charge in [0.25, 0.3) is 0 Å². The number of rotatable bonds is 5. The van der Waals surface area contributed by atoms with Gasteiger partial charge in [0, 0.05) is 31.7 Å². The Kier molecular flexibility index (Phi) is 4.53. The lowest BCUT2D eigenvalue weighted by molar-refractivity contribution is 0.214. The summed E-state index contributed by atoms with van der Waals surface area (Å²) >= 11 is 1.71. The maximum absolute atomic E-state index is 4.33. The Morgan fingerprint density at radius 3 is 2.95 bits per heavy atom. The molecule has 3 rings (SSSR count). The van der Waals surface area contributed by atoms with Gasteiger partial charge in [0.15, 0.2) is 0 Å². The lowest BCUT2D eigenvalue weighted by atomic mass is 10.1. The van der Waals surface area contributed by atoms with Gasteiger partial charge in [0.2, 0.25) is 5.13 Å². The molecular weight excluding hydrogens is 270 g/mol. The maximum Gasteiger partial charge on any atom is 0.205 e. The second-order valence-electron chi connectivity index (χ2n) is 6.00. The molecule has 1 N–H and O–H groups in total. The van der Waals surface area contributed by atoms with E-state index in [1.54, 1.807) is 11.3 Å². The summed E-state index contributed by atoms with van der Waals surface area (Å²) in [5.41, 5.74) is 0. The van der Waals surface area contributed by atoms with Crippen molar-refractivity contribution >= 4 is 16.5 Å². The topological polar surface area (TPSA) is 44.3 Å². The molecule has 2 aliphatic heterocycles. The van der Waals surface area contributed by atoms with Gasteiger partial charge >= 0.3 is 0 Å². The normalized spacial score (nSPS) is 27.7. The summed E-state index contributed by atoms with van der Waals surface area (Å²) in [7, 11) is 2.30. The smallest absolute Gasteiger partial charge is 0.205 e. The third kappa shape index (κ3) is 3.13. The van der Waals surface area contributed by atoms with Gasteiger partial charge < -0.3 is 5.32 Å². The summed E-state index contributed by atoms with van der Waals surface area (Å²) in [5, 5.41) is 14.0. The minimum Gasteiger partial charge on any atom is -0.360 e. The van der Waals surface area contributed by atoms with E-state index >= 15 is 0 Å². The van der Waals surface area contributed by atoms with Gasteiger partial charge in [0.1, 0.15) is 5.01 Å². The van der Waals surface area contributed by atoms with Crippen LogP contribution in [0.4, 0.5) is 5.13 Å². The Labute approximate surface area is 125 Å². The quantitative estimate of drug-likeness (QED) is 0.900. The van der Waals surface area contributed by atoms with Crippen molar-refractivity contribution in [3.8, 4) is 0 Å². The Morgan fingerprint density at radius 1 is 1.25 bits per heavy atom. The van der Waals surface area contributed by atoms with Gasteiger partial charge in [-0.25, -0.2) is 0 Å². The molecule has 0 amide bonds. The van der Waals surface area contributed by atoms with E-state index in [9.17, 15) is 0 Å². The number of likely N-dealkylation sites (tertiary alicyclic amines) is 1. The molecule has 20 heavy (non-hydrogen) atoms. The molecule has 1 aromatic heterocycles. The fourth-order valence-corrected chi connectivity index (χ4v) is 4.14. The minimum absolute atomic E-state index is 0.744. The third-order valence-corrected chi connectivity index (χ3v) is 5.45. The fraction of sp³-hybridized carbons (Fsp3) is 0.857. The molecule has 0 saturated carbocycles. The number of hydrogen-bond donors (Lipinski definition) is 1. The van der Waals surface area contributed by atoms with Crippen LogP contribution in [0.3, 0.4) is 0 Å². The van der Waals surface area contributed by atoms with Crippen LogP contribution in [-0.2, 0) is 6.54 Å². The van der Waals surface area contributed by atoms with E-state index in [-0.39, 0.29) is 0 Å². The van der Waals surface area contributed by atoms with Crippen LogP contribution in [0, 0.1) is 0 Å². The van der Waals surface area contributed by atoms with Gasteiger partial charge in [-0.2, -0.15) is 0 Å². The van der Waals surface area contributed by atoms with Gasteiger partial charge in [-0.3, -0.25) is 9.80 Å². The van der Waals surface area contributed by atoms with E-state index in [2.05, 4.69) is 39.3 Å². The van der Waals surface area contributed by atoms with Crippen LogP contribution >= 0.6 is 11.3 Å². The summed E-state index contributed by atoms with van der Waals surface area (Å²) in [4.78, 5) is 5.15. The van der Waals surface area contributed by atoms with Crippen molar-refractivity contribution in [2.24, 2.45) is 0 Å². The first kappa shape index (κ1) is 14.2. The molecule has 6 heteroatoms. The van der Waals surface area contributed by atoms with Crippen molar-refractivity contribution in [3.05, 3.63) is 5.01 Å². The van der Waals surface area contributed by atoms with Gasteiger partial charge in [0.05, 0.1) is 6.54 Å². The third-order valence-electron chi connectivity index (χ3n) is 4.58. The van der Waals surface area contributed by atoms with Crippen molar-refractivity contribution in [1.82, 2.24) is 20.0 Å². The van der Waals surface area contributed by atoms with E-state index in [4.69, 9.17) is 0 Å². The van der Waals surface area contributed by atoms with Crippen molar-refractivity contribution in [2.45, 2.75) is 51.2 Å². The number of hydrogen-bond acceptors (Lipinski definition) is 6. The van der Waals surface area contributed by atoms with Crippen LogP contribution in [-0.4, -0.2) is 58.8 Å². The summed E-state index contributed by atoms with van der Waals surface area (Å²) in [6, 6.07) is 1.55. The van der Waals surface area contributed by atoms with Crippen molar-refractivity contribution in [3.63, 3.8) is 0 Å². The number of likely N-dealkylation sites (N-methyl/N-ethyl adjacent to an activating group) is 1. The second kappa shape index (κ2) is 6.37. The van der Waals surface area contributed by atoms with E-state index in [1.165, 1.54) is 32.4 Å². The van der Waals surface area contributed by atoms with Crippen LogP contribution < -0.4 is 5.32 Å². The van der Waals surface area contributed by atoms with Gasteiger partial charge in [-0.05, 0) is 32.7 Å². The van der Waals surface area contributed by atoms with E-state index in [0.717, 1.165) is 41.7 Å². The lowest BCUT2D eigenvalue weighted by Gasteiger charge is -2.24. The maximum atomic E-state index is 4.33. The average Bonchev–Trinajstić information content (AvgIpc) is 2.96. The molecule has 0 aliphatic carbocycles. The second-order valence-corrected chi connectivity index (χ2v) is 7.06. The Hall–Kier alpha value is -0.720. The predicted molar refractivity (Wildman–Crippen MR) is 83.2 cm³/mol. The number of anilines is 1. The molecule has 2 unspecified atom stereocenters. The highest BCUT2D eigenvalue weighted by atomic mass is 32.1. The molecule has 112 valence electrons. The van der Waals surface area contributed by atoms with Crippen LogP contribution in [0.2, 0.25) is 0 Å². The molecule has 2 saturated heterocycles. The molecular formula is C14H25N5S. The highest BCUT2D eigenvalue weighted by Crippen LogP contribution is 2.29. The van der Waals surface area contributed by atoms with Crippen LogP contribution in [0.5, 0.6) is 0 Å². The first-order valence-corrected chi connectivity index (χ1v) is 8.58. The number of fused-ring (bicyclic) bond motifs is 2. The zero-order chi connectivity index (χ0) is 13.9. The average molecular weight is 295 g/mol. The largest absolute Gasteiger partial charge is 0.360 e. The van der Waals surface area contributed by atoms with Gasteiger partial charge in [-0.1, -0.05) is 18.3 Å². The first-order valence-electron chi connectivity index (χ1n) is 7.76. The standard InChI is InChI=1S/C14H25N5S/c1-3-7-15-14-17-16-13(20-14)10-19-8-6-11-4-5-12(9-19)18(11)2/h11-12H,3-10H2,1-2H3,(H,15,17). The number of nitrogens with zero attached hydrogens (tertiary/aromatic N) is 4. The van der Waals surface area contributed by atoms with E-state index in [1.807, 2.05) is 0 Å². The summed E-state index contributed by atoms with van der Waals surface area (Å²) in [6.07, 6.45) is 5.17. The zero-order valence-electron chi connectivity index (χ0n) is 12.5. The Balaban J connectivity index is 1.56. The fourth-order valence-electron chi connectivity index (χ4n) is 3.33. The summed E-state index contributed by atoms with van der Waals surface area (Å²) in [6.45, 7) is 6.49. The molecule has 2 aliphatic rings. The monoisotopic (exact) mass is 295 g/mol. The Bertz CT molecular complexity index is 435. The molecule has 0 aromatic carbocycles. The predicted octanol–water partition coefficient (Wildman–Crippen LogP) is 2.03. The minimum atomic E-state index is 0.744. The Morgan fingerprint density at radius 2 is 2.10 bits per heavy atom. The van der Waals surface area contributed by atoms with Crippen molar-refractivity contribution < 1.29 is 0 Å². The molecule has 2 bridgehead atoms. The summed E-state index contributed by atoms with van der Waals surface area (Å²) in [5.74, 6) is 0. The highest BCUT2D eigenvalue weighted by Gasteiger charge is 2.34. The molecule has 0 radical (unpaired) electrons. The first-order chi connectivity index (χ1) is 9.76. The summed E-state index contributed by atoms with van der Waals surface area (Å²) < 4.78 is 0. The van der Waals surface area contributed by atoms with Crippen molar-refractivity contribution in [2.75, 3.05) is 32.0 Å². The van der Waals surface area contributed by atoms with Crippen molar-refractivity contribution in [1.29, 1.82) is 0 Å². The number of nitrogens with one attached hydrogen (secondary N) is 1. The van der Waals surface area contributed by atoms with E-state index < -0.39 is 0 Å². The zero-order valence-corrected chi connectivity index (χ0v) is 13.3. The molecule has 0 spiro atoms. The molecule has 2 fully saturated rings. The highest BCUT2D eigenvalue weighted by molar-refractivity contribution is 7.15. The molecule has 1 aromatic rings.